The molecule has 24 heavy (non-hydrogen) atoms. The predicted molar refractivity (Wildman–Crippen MR) is 96.2 cm³/mol. The van der Waals surface area contributed by atoms with Crippen molar-refractivity contribution in [2.45, 2.75) is 32.4 Å². The van der Waals surface area contributed by atoms with Crippen LogP contribution < -0.4 is 24.8 Å². The lowest BCUT2D eigenvalue weighted by Gasteiger charge is -2.18. The summed E-state index contributed by atoms with van der Waals surface area (Å²) in [6, 6.07) is 4.23. The SMILES string of the molecule is CCNC(=NCc1ccc(OC)c(OC)c1OC)NC1CC=CC1. The third-order valence-electron chi connectivity index (χ3n) is 3.89. The fraction of sp³-hybridized carbons (Fsp3) is 0.500. The molecule has 0 spiro atoms. The third kappa shape index (κ3) is 4.34. The maximum atomic E-state index is 5.51. The molecule has 1 aliphatic carbocycles. The smallest absolute Gasteiger partial charge is 0.203 e. The monoisotopic (exact) mass is 333 g/mol. The second-order valence-corrected chi connectivity index (χ2v) is 5.47. The van der Waals surface area contributed by atoms with Crippen LogP contribution in [-0.4, -0.2) is 39.9 Å². The molecule has 0 aromatic heterocycles. The van der Waals surface area contributed by atoms with E-state index in [4.69, 9.17) is 14.2 Å². The van der Waals surface area contributed by atoms with Crippen molar-refractivity contribution in [2.75, 3.05) is 27.9 Å². The Morgan fingerprint density at radius 1 is 1.08 bits per heavy atom. The average molecular weight is 333 g/mol. The number of aliphatic imine (C=N–C) groups is 1. The van der Waals surface area contributed by atoms with Crippen LogP contribution in [0.15, 0.2) is 29.3 Å². The van der Waals surface area contributed by atoms with Crippen LogP contribution in [0.2, 0.25) is 0 Å². The molecule has 6 heteroatoms. The molecule has 0 heterocycles. The first-order valence-electron chi connectivity index (χ1n) is 8.21. The number of nitrogens with one attached hydrogen (secondary N) is 2. The van der Waals surface area contributed by atoms with Gasteiger partial charge in [0.2, 0.25) is 5.75 Å². The fourth-order valence-electron chi connectivity index (χ4n) is 2.70. The molecule has 0 fully saturated rings. The number of hydrogen-bond acceptors (Lipinski definition) is 4. The van der Waals surface area contributed by atoms with Crippen LogP contribution in [0.3, 0.4) is 0 Å². The van der Waals surface area contributed by atoms with E-state index in [1.165, 1.54) is 0 Å². The molecule has 2 N–H and O–H groups in total. The van der Waals surface area contributed by atoms with Crippen LogP contribution in [-0.2, 0) is 6.54 Å². The normalized spacial score (nSPS) is 14.6. The van der Waals surface area contributed by atoms with Crippen LogP contribution in [0.1, 0.15) is 25.3 Å². The first-order valence-corrected chi connectivity index (χ1v) is 8.21. The van der Waals surface area contributed by atoms with Gasteiger partial charge in [-0.3, -0.25) is 0 Å². The minimum absolute atomic E-state index is 0.412. The molecule has 0 atom stereocenters. The molecule has 0 bridgehead atoms. The summed E-state index contributed by atoms with van der Waals surface area (Å²) in [5, 5.41) is 6.74. The Balaban J connectivity index is 2.17. The van der Waals surface area contributed by atoms with E-state index in [0.717, 1.165) is 30.9 Å². The summed E-state index contributed by atoms with van der Waals surface area (Å²) < 4.78 is 16.2. The highest BCUT2D eigenvalue weighted by atomic mass is 16.5. The van der Waals surface area contributed by atoms with Crippen LogP contribution in [0.4, 0.5) is 0 Å². The van der Waals surface area contributed by atoms with Crippen LogP contribution in [0.25, 0.3) is 0 Å². The Labute approximate surface area is 143 Å². The Hall–Kier alpha value is -2.37. The number of hydrogen-bond donors (Lipinski definition) is 2. The summed E-state index contributed by atoms with van der Waals surface area (Å²) in [5.41, 5.74) is 0.942. The van der Waals surface area contributed by atoms with E-state index in [0.29, 0.717) is 29.8 Å². The van der Waals surface area contributed by atoms with Gasteiger partial charge in [-0.05, 0) is 31.9 Å². The zero-order valence-electron chi connectivity index (χ0n) is 14.9. The molecular formula is C18H27N3O3. The lowest BCUT2D eigenvalue weighted by molar-refractivity contribution is 0.322. The number of rotatable bonds is 7. The zero-order valence-corrected chi connectivity index (χ0v) is 14.9. The standard InChI is InChI=1S/C18H27N3O3/c1-5-19-18(21-14-8-6-7-9-14)20-12-13-10-11-15(22-2)17(24-4)16(13)23-3/h6-7,10-11,14H,5,8-9,12H2,1-4H3,(H2,19,20,21). The van der Waals surface area contributed by atoms with E-state index >= 15 is 0 Å². The topological polar surface area (TPSA) is 64.1 Å². The highest BCUT2D eigenvalue weighted by molar-refractivity contribution is 5.80. The van der Waals surface area contributed by atoms with Gasteiger partial charge in [-0.2, -0.15) is 0 Å². The number of methoxy groups -OCH3 is 3. The van der Waals surface area contributed by atoms with Crippen molar-refractivity contribution in [3.05, 3.63) is 29.8 Å². The third-order valence-corrected chi connectivity index (χ3v) is 3.89. The van der Waals surface area contributed by atoms with Gasteiger partial charge in [-0.25, -0.2) is 4.99 Å². The van der Waals surface area contributed by atoms with Gasteiger partial charge in [-0.1, -0.05) is 12.2 Å². The maximum absolute atomic E-state index is 5.51. The quantitative estimate of drug-likeness (QED) is 0.456. The van der Waals surface area contributed by atoms with Crippen LogP contribution in [0.5, 0.6) is 17.2 Å². The predicted octanol–water partition coefficient (Wildman–Crippen LogP) is 2.49. The van der Waals surface area contributed by atoms with Gasteiger partial charge < -0.3 is 24.8 Å². The van der Waals surface area contributed by atoms with E-state index in [-0.39, 0.29) is 0 Å². The average Bonchev–Trinajstić information content (AvgIpc) is 3.11. The molecule has 0 radical (unpaired) electrons. The van der Waals surface area contributed by atoms with Gasteiger partial charge >= 0.3 is 0 Å². The summed E-state index contributed by atoms with van der Waals surface area (Å²) >= 11 is 0. The van der Waals surface area contributed by atoms with E-state index in [2.05, 4.69) is 34.7 Å². The summed E-state index contributed by atoms with van der Waals surface area (Å²) in [6.45, 7) is 3.36. The van der Waals surface area contributed by atoms with E-state index in [1.54, 1.807) is 21.3 Å². The highest BCUT2D eigenvalue weighted by Crippen LogP contribution is 2.39. The van der Waals surface area contributed by atoms with E-state index < -0.39 is 0 Å². The summed E-state index contributed by atoms with van der Waals surface area (Å²) in [7, 11) is 4.84. The van der Waals surface area contributed by atoms with Crippen LogP contribution in [0, 0.1) is 0 Å². The van der Waals surface area contributed by atoms with Crippen molar-refractivity contribution < 1.29 is 14.2 Å². The molecule has 6 nitrogen and oxygen atoms in total. The summed E-state index contributed by atoms with van der Waals surface area (Å²) in [6.07, 6.45) is 6.45. The number of guanidine groups is 1. The molecule has 1 aliphatic rings. The first-order chi connectivity index (χ1) is 11.7. The van der Waals surface area contributed by atoms with Crippen molar-refractivity contribution in [1.82, 2.24) is 10.6 Å². The van der Waals surface area contributed by atoms with Crippen molar-refractivity contribution in [1.29, 1.82) is 0 Å². The molecule has 132 valence electrons. The highest BCUT2D eigenvalue weighted by Gasteiger charge is 2.16. The Morgan fingerprint density at radius 3 is 2.38 bits per heavy atom. The van der Waals surface area contributed by atoms with Gasteiger partial charge in [-0.15, -0.1) is 0 Å². The lowest BCUT2D eigenvalue weighted by atomic mass is 10.1. The van der Waals surface area contributed by atoms with Gasteiger partial charge in [0.25, 0.3) is 0 Å². The minimum atomic E-state index is 0.412. The molecule has 0 unspecified atom stereocenters. The van der Waals surface area contributed by atoms with Gasteiger partial charge in [0.1, 0.15) is 0 Å². The van der Waals surface area contributed by atoms with E-state index in [1.807, 2.05) is 12.1 Å². The van der Waals surface area contributed by atoms with Crippen LogP contribution >= 0.6 is 0 Å². The van der Waals surface area contributed by atoms with Crippen molar-refractivity contribution in [3.8, 4) is 17.2 Å². The zero-order chi connectivity index (χ0) is 17.4. The lowest BCUT2D eigenvalue weighted by Crippen LogP contribution is -2.42. The molecule has 0 aliphatic heterocycles. The summed E-state index contributed by atoms with van der Waals surface area (Å²) in [4.78, 5) is 4.68. The second kappa shape index (κ2) is 9.05. The molecule has 1 aromatic carbocycles. The Bertz CT molecular complexity index is 591. The molecular weight excluding hydrogens is 306 g/mol. The van der Waals surface area contributed by atoms with Gasteiger partial charge in [0.05, 0.1) is 27.9 Å². The Morgan fingerprint density at radius 2 is 1.79 bits per heavy atom. The molecule has 1 aromatic rings. The van der Waals surface area contributed by atoms with Crippen molar-refractivity contribution >= 4 is 5.96 Å². The molecule has 0 amide bonds. The molecule has 0 saturated carbocycles. The first kappa shape index (κ1) is 18.0. The van der Waals surface area contributed by atoms with Gasteiger partial charge in [0.15, 0.2) is 17.5 Å². The summed E-state index contributed by atoms with van der Waals surface area (Å²) in [5.74, 6) is 2.69. The van der Waals surface area contributed by atoms with Crippen molar-refractivity contribution in [2.24, 2.45) is 4.99 Å². The number of ether oxygens (including phenoxy) is 3. The van der Waals surface area contributed by atoms with Gasteiger partial charge in [0, 0.05) is 18.2 Å². The number of nitrogens with zero attached hydrogens (tertiary/aromatic N) is 1. The Kier molecular flexibility index (Phi) is 6.78. The number of benzene rings is 1. The largest absolute Gasteiger partial charge is 0.493 e. The van der Waals surface area contributed by atoms with E-state index in [9.17, 15) is 0 Å². The maximum Gasteiger partial charge on any atom is 0.203 e. The molecule has 2 rings (SSSR count). The van der Waals surface area contributed by atoms with Crippen molar-refractivity contribution in [3.63, 3.8) is 0 Å². The second-order valence-electron chi connectivity index (χ2n) is 5.47. The minimum Gasteiger partial charge on any atom is -0.493 e. The fourth-order valence-corrected chi connectivity index (χ4v) is 2.70. The molecule has 0 saturated heterocycles.